The first kappa shape index (κ1) is 19.0. The second-order valence-corrected chi connectivity index (χ2v) is 7.56. The fraction of sp³-hybridized carbons (Fsp3) is 0.222. The van der Waals surface area contributed by atoms with E-state index in [2.05, 4.69) is 14.9 Å². The first-order valence-corrected chi connectivity index (χ1v) is 9.60. The fourth-order valence-electron chi connectivity index (χ4n) is 2.44. The number of hydrogen-bond donors (Lipinski definition) is 1. The maximum absolute atomic E-state index is 13.0. The van der Waals surface area contributed by atoms with Gasteiger partial charge in [-0.05, 0) is 48.9 Å². The largest absolute Gasteiger partial charge is 0.495 e. The highest BCUT2D eigenvalue weighted by Gasteiger charge is 2.19. The van der Waals surface area contributed by atoms with Gasteiger partial charge < -0.3 is 9.26 Å². The van der Waals surface area contributed by atoms with Crippen molar-refractivity contribution in [3.63, 3.8) is 0 Å². The molecule has 27 heavy (non-hydrogen) atoms. The second-order valence-electron chi connectivity index (χ2n) is 5.82. The van der Waals surface area contributed by atoms with Crippen LogP contribution in [0.3, 0.4) is 0 Å². The van der Waals surface area contributed by atoms with E-state index in [9.17, 15) is 12.8 Å². The molecule has 0 aliphatic heterocycles. The maximum Gasteiger partial charge on any atom is 0.244 e. The lowest BCUT2D eigenvalue weighted by Gasteiger charge is -2.10. The summed E-state index contributed by atoms with van der Waals surface area (Å²) in [6, 6.07) is 10.6. The minimum atomic E-state index is -3.75. The molecular weight excluding hydrogens is 373 g/mol. The van der Waals surface area contributed by atoms with Crippen LogP contribution in [0.15, 0.2) is 51.9 Å². The maximum atomic E-state index is 13.0. The molecule has 3 rings (SSSR count). The molecule has 0 unspecified atom stereocenters. The fourth-order valence-corrected chi connectivity index (χ4v) is 3.72. The Kier molecular flexibility index (Phi) is 5.52. The van der Waals surface area contributed by atoms with Crippen LogP contribution in [0, 0.1) is 12.7 Å². The van der Waals surface area contributed by atoms with E-state index in [0.717, 1.165) is 5.56 Å². The van der Waals surface area contributed by atoms with Crippen molar-refractivity contribution in [2.24, 2.45) is 0 Å². The van der Waals surface area contributed by atoms with Crippen LogP contribution in [-0.2, 0) is 16.4 Å². The number of halogens is 1. The topological polar surface area (TPSA) is 94.3 Å². The molecule has 0 aliphatic rings. The zero-order valence-electron chi connectivity index (χ0n) is 14.8. The van der Waals surface area contributed by atoms with Crippen LogP contribution in [0.5, 0.6) is 5.75 Å². The van der Waals surface area contributed by atoms with Crippen LogP contribution in [0.4, 0.5) is 4.39 Å². The van der Waals surface area contributed by atoms with Gasteiger partial charge in [0.1, 0.15) is 16.5 Å². The molecule has 142 valence electrons. The summed E-state index contributed by atoms with van der Waals surface area (Å²) in [4.78, 5) is 4.26. The molecule has 1 heterocycles. The summed E-state index contributed by atoms with van der Waals surface area (Å²) in [7, 11) is -2.34. The number of nitrogens with zero attached hydrogens (tertiary/aromatic N) is 2. The summed E-state index contributed by atoms with van der Waals surface area (Å²) in [5.74, 6) is 0.495. The smallest absolute Gasteiger partial charge is 0.244 e. The Balaban J connectivity index is 1.66. The molecule has 3 aromatic rings. The number of methoxy groups -OCH3 is 1. The van der Waals surface area contributed by atoms with Crippen molar-refractivity contribution in [2.75, 3.05) is 13.7 Å². The van der Waals surface area contributed by atoms with Crippen LogP contribution < -0.4 is 9.46 Å². The highest BCUT2D eigenvalue weighted by Crippen LogP contribution is 2.24. The average molecular weight is 391 g/mol. The number of aromatic nitrogens is 2. The lowest BCUT2D eigenvalue weighted by atomic mass is 10.2. The number of ether oxygens (including phenoxy) is 1. The van der Waals surface area contributed by atoms with Gasteiger partial charge in [0, 0.05) is 18.5 Å². The molecule has 0 aliphatic carbocycles. The van der Waals surface area contributed by atoms with E-state index in [0.29, 0.717) is 11.4 Å². The van der Waals surface area contributed by atoms with E-state index in [1.54, 1.807) is 25.1 Å². The summed E-state index contributed by atoms with van der Waals surface area (Å²) in [5, 5.41) is 3.82. The number of rotatable bonds is 7. The van der Waals surface area contributed by atoms with Crippen molar-refractivity contribution < 1.29 is 22.1 Å². The first-order valence-electron chi connectivity index (χ1n) is 8.12. The van der Waals surface area contributed by atoms with Crippen LogP contribution in [0.1, 0.15) is 11.5 Å². The van der Waals surface area contributed by atoms with Crippen LogP contribution in [-0.4, -0.2) is 32.2 Å². The van der Waals surface area contributed by atoms with Gasteiger partial charge in [0.05, 0.1) is 7.11 Å². The quantitative estimate of drug-likeness (QED) is 0.666. The summed E-state index contributed by atoms with van der Waals surface area (Å²) in [6.07, 6.45) is 0.210. The summed E-state index contributed by atoms with van der Waals surface area (Å²) >= 11 is 0. The molecule has 2 aromatic carbocycles. The molecule has 0 bridgehead atoms. The molecule has 9 heteroatoms. The molecule has 1 N–H and O–H groups in total. The molecule has 0 radical (unpaired) electrons. The van der Waals surface area contributed by atoms with Crippen molar-refractivity contribution in [1.82, 2.24) is 14.9 Å². The average Bonchev–Trinajstić information content (AvgIpc) is 3.11. The van der Waals surface area contributed by atoms with Crippen molar-refractivity contribution in [3.05, 3.63) is 59.7 Å². The molecule has 0 fully saturated rings. The zero-order valence-corrected chi connectivity index (χ0v) is 15.6. The van der Waals surface area contributed by atoms with Gasteiger partial charge in [-0.1, -0.05) is 11.2 Å². The predicted octanol–water partition coefficient (Wildman–Crippen LogP) is 2.71. The van der Waals surface area contributed by atoms with Crippen LogP contribution in [0.25, 0.3) is 11.4 Å². The van der Waals surface area contributed by atoms with Gasteiger partial charge in [-0.15, -0.1) is 0 Å². The van der Waals surface area contributed by atoms with Gasteiger partial charge in [-0.2, -0.15) is 4.98 Å². The third-order valence-corrected chi connectivity index (χ3v) is 5.29. The van der Waals surface area contributed by atoms with Crippen LogP contribution >= 0.6 is 0 Å². The lowest BCUT2D eigenvalue weighted by Crippen LogP contribution is -2.26. The SMILES string of the molecule is COc1ccc(C)cc1S(=O)(=O)NCCc1nc(-c2ccc(F)cc2)no1. The van der Waals surface area contributed by atoms with E-state index < -0.39 is 10.0 Å². The van der Waals surface area contributed by atoms with Crippen molar-refractivity contribution in [3.8, 4) is 17.1 Å². The highest BCUT2D eigenvalue weighted by atomic mass is 32.2. The van der Waals surface area contributed by atoms with E-state index in [1.807, 2.05) is 0 Å². The van der Waals surface area contributed by atoms with Gasteiger partial charge in [-0.3, -0.25) is 0 Å². The second kappa shape index (κ2) is 7.85. The minimum absolute atomic E-state index is 0.0718. The van der Waals surface area contributed by atoms with E-state index in [1.165, 1.54) is 31.4 Å². The molecule has 0 spiro atoms. The number of aryl methyl sites for hydroxylation is 1. The Morgan fingerprint density at radius 1 is 1.19 bits per heavy atom. The van der Waals surface area contributed by atoms with Crippen molar-refractivity contribution >= 4 is 10.0 Å². The van der Waals surface area contributed by atoms with Gasteiger partial charge in [-0.25, -0.2) is 17.5 Å². The van der Waals surface area contributed by atoms with Gasteiger partial charge in [0.25, 0.3) is 0 Å². The lowest BCUT2D eigenvalue weighted by molar-refractivity contribution is 0.378. The molecule has 0 saturated heterocycles. The Morgan fingerprint density at radius 3 is 2.63 bits per heavy atom. The highest BCUT2D eigenvalue weighted by molar-refractivity contribution is 7.89. The van der Waals surface area contributed by atoms with Gasteiger partial charge in [0.15, 0.2) is 0 Å². The van der Waals surface area contributed by atoms with Crippen LogP contribution in [0.2, 0.25) is 0 Å². The number of nitrogens with one attached hydrogen (secondary N) is 1. The normalized spacial score (nSPS) is 11.5. The Morgan fingerprint density at radius 2 is 1.93 bits per heavy atom. The summed E-state index contributed by atoms with van der Waals surface area (Å²) in [5.41, 5.74) is 1.41. The van der Waals surface area contributed by atoms with Crippen molar-refractivity contribution in [1.29, 1.82) is 0 Å². The summed E-state index contributed by atoms with van der Waals surface area (Å²) < 4.78 is 50.7. The Hall–Kier alpha value is -2.78. The van der Waals surface area contributed by atoms with E-state index >= 15 is 0 Å². The Labute approximate surface area is 156 Å². The Bertz CT molecular complexity index is 1030. The van der Waals surface area contributed by atoms with Gasteiger partial charge in [0.2, 0.25) is 21.7 Å². The third-order valence-electron chi connectivity index (χ3n) is 3.81. The van der Waals surface area contributed by atoms with E-state index in [4.69, 9.17) is 9.26 Å². The monoisotopic (exact) mass is 391 g/mol. The zero-order chi connectivity index (χ0) is 19.4. The molecule has 7 nitrogen and oxygen atoms in total. The molecule has 0 atom stereocenters. The van der Waals surface area contributed by atoms with Gasteiger partial charge >= 0.3 is 0 Å². The summed E-state index contributed by atoms with van der Waals surface area (Å²) in [6.45, 7) is 1.87. The van der Waals surface area contributed by atoms with Crippen molar-refractivity contribution in [2.45, 2.75) is 18.2 Å². The molecule has 1 aromatic heterocycles. The van der Waals surface area contributed by atoms with E-state index in [-0.39, 0.29) is 35.3 Å². The number of hydrogen-bond acceptors (Lipinski definition) is 6. The molecular formula is C18H18FN3O4S. The number of sulfonamides is 1. The first-order chi connectivity index (χ1) is 12.9. The predicted molar refractivity (Wildman–Crippen MR) is 96.3 cm³/mol. The standard InChI is InChI=1S/C18H18FN3O4S/c1-12-3-8-15(25-2)16(11-12)27(23,24)20-10-9-17-21-18(22-26-17)13-4-6-14(19)7-5-13/h3-8,11,20H,9-10H2,1-2H3. The molecule has 0 amide bonds. The third kappa shape index (κ3) is 4.50. The number of benzene rings is 2. The molecule has 0 saturated carbocycles. The minimum Gasteiger partial charge on any atom is -0.495 e.